The number of likely N-dealkylation sites (tertiary alicyclic amines) is 1. The summed E-state index contributed by atoms with van der Waals surface area (Å²) in [7, 11) is 3.04. The van der Waals surface area contributed by atoms with Crippen LogP contribution in [0, 0.1) is 13.8 Å². The van der Waals surface area contributed by atoms with Gasteiger partial charge in [-0.05, 0) is 43.5 Å². The summed E-state index contributed by atoms with van der Waals surface area (Å²) in [6, 6.07) is 10.00. The zero-order valence-corrected chi connectivity index (χ0v) is 18.0. The van der Waals surface area contributed by atoms with Gasteiger partial charge in [0.2, 0.25) is 0 Å². The molecule has 0 bridgehead atoms. The van der Waals surface area contributed by atoms with Gasteiger partial charge >= 0.3 is 0 Å². The summed E-state index contributed by atoms with van der Waals surface area (Å²) in [6.07, 6.45) is 0.666. The number of hydrogen-bond donors (Lipinski definition) is 1. The third kappa shape index (κ3) is 3.54. The molecular formula is C24H27NO5. The number of ether oxygens (including phenoxy) is 2. The van der Waals surface area contributed by atoms with E-state index in [1.807, 2.05) is 32.9 Å². The summed E-state index contributed by atoms with van der Waals surface area (Å²) >= 11 is 0. The van der Waals surface area contributed by atoms with Crippen LogP contribution >= 0.6 is 0 Å². The molecule has 1 atom stereocenters. The molecule has 30 heavy (non-hydrogen) atoms. The molecule has 1 unspecified atom stereocenters. The standard InChI is InChI=1S/C24H27NO5/c1-6-12-25-20(17-8-7-9-18(29-4)23(17)30-5)19(22(27)24(25)28)21(26)16-11-10-14(2)15(3)13-16/h7-11,13,20,26H,6,12H2,1-5H3/b21-19+. The van der Waals surface area contributed by atoms with Gasteiger partial charge in [-0.3, -0.25) is 9.59 Å². The Labute approximate surface area is 176 Å². The number of methoxy groups -OCH3 is 2. The smallest absolute Gasteiger partial charge is 0.295 e. The highest BCUT2D eigenvalue weighted by molar-refractivity contribution is 6.46. The first-order valence-electron chi connectivity index (χ1n) is 9.92. The monoisotopic (exact) mass is 409 g/mol. The van der Waals surface area contributed by atoms with E-state index in [4.69, 9.17) is 9.47 Å². The summed E-state index contributed by atoms with van der Waals surface area (Å²) in [5.41, 5.74) is 3.21. The predicted molar refractivity (Wildman–Crippen MR) is 115 cm³/mol. The predicted octanol–water partition coefficient (Wildman–Crippen LogP) is 4.15. The highest BCUT2D eigenvalue weighted by Gasteiger charge is 2.47. The van der Waals surface area contributed by atoms with E-state index in [2.05, 4.69) is 0 Å². The molecule has 0 saturated carbocycles. The van der Waals surface area contributed by atoms with Crippen molar-refractivity contribution in [3.63, 3.8) is 0 Å². The van der Waals surface area contributed by atoms with Gasteiger partial charge in [0.1, 0.15) is 5.76 Å². The fourth-order valence-electron chi connectivity index (χ4n) is 3.85. The van der Waals surface area contributed by atoms with Gasteiger partial charge in [-0.25, -0.2) is 0 Å². The molecule has 1 aliphatic heterocycles. The lowest BCUT2D eigenvalue weighted by molar-refractivity contribution is -0.139. The maximum absolute atomic E-state index is 13.0. The van der Waals surface area contributed by atoms with Gasteiger partial charge in [0, 0.05) is 17.7 Å². The number of Topliss-reactive ketones (excluding diaryl/α,β-unsaturated/α-hetero) is 1. The molecule has 6 nitrogen and oxygen atoms in total. The van der Waals surface area contributed by atoms with E-state index in [9.17, 15) is 14.7 Å². The quantitative estimate of drug-likeness (QED) is 0.441. The molecule has 6 heteroatoms. The Morgan fingerprint density at radius 2 is 1.80 bits per heavy atom. The normalized spacial score (nSPS) is 18.0. The molecule has 0 aromatic heterocycles. The van der Waals surface area contributed by atoms with Crippen molar-refractivity contribution in [3.05, 3.63) is 64.2 Å². The third-order valence-electron chi connectivity index (χ3n) is 5.51. The Morgan fingerprint density at radius 1 is 1.07 bits per heavy atom. The van der Waals surface area contributed by atoms with Crippen molar-refractivity contribution in [2.24, 2.45) is 0 Å². The molecule has 0 aliphatic carbocycles. The largest absolute Gasteiger partial charge is 0.507 e. The van der Waals surface area contributed by atoms with Crippen LogP contribution in [0.3, 0.4) is 0 Å². The number of carbonyl (C=O) groups is 2. The van der Waals surface area contributed by atoms with Crippen LogP contribution in [0.1, 0.15) is 41.6 Å². The minimum Gasteiger partial charge on any atom is -0.507 e. The summed E-state index contributed by atoms with van der Waals surface area (Å²) in [6.45, 7) is 6.21. The fourth-order valence-corrected chi connectivity index (χ4v) is 3.85. The third-order valence-corrected chi connectivity index (χ3v) is 5.51. The number of para-hydroxylation sites is 1. The second-order valence-electron chi connectivity index (χ2n) is 7.37. The minimum absolute atomic E-state index is 0.0586. The summed E-state index contributed by atoms with van der Waals surface area (Å²) in [4.78, 5) is 27.4. The first-order valence-corrected chi connectivity index (χ1v) is 9.92. The molecule has 2 aromatic rings. The Hall–Kier alpha value is -3.28. The van der Waals surface area contributed by atoms with Gasteiger partial charge < -0.3 is 19.5 Å². The maximum Gasteiger partial charge on any atom is 0.295 e. The molecule has 1 amide bonds. The second-order valence-corrected chi connectivity index (χ2v) is 7.37. The number of amides is 1. The first-order chi connectivity index (χ1) is 14.3. The summed E-state index contributed by atoms with van der Waals surface area (Å²) in [5, 5.41) is 11.1. The fraction of sp³-hybridized carbons (Fsp3) is 0.333. The number of ketones is 1. The van der Waals surface area contributed by atoms with E-state index in [1.165, 1.54) is 19.1 Å². The van der Waals surface area contributed by atoms with E-state index in [-0.39, 0.29) is 11.3 Å². The van der Waals surface area contributed by atoms with Crippen LogP contribution in [0.15, 0.2) is 42.0 Å². The van der Waals surface area contributed by atoms with Crippen LogP contribution in [0.25, 0.3) is 5.76 Å². The number of hydrogen-bond acceptors (Lipinski definition) is 5. The first kappa shape index (κ1) is 21.4. The van der Waals surface area contributed by atoms with Crippen molar-refractivity contribution in [3.8, 4) is 11.5 Å². The molecule has 1 heterocycles. The lowest BCUT2D eigenvalue weighted by atomic mass is 9.93. The molecular weight excluding hydrogens is 382 g/mol. The average molecular weight is 409 g/mol. The number of aryl methyl sites for hydroxylation is 2. The second kappa shape index (κ2) is 8.61. The number of aliphatic hydroxyl groups excluding tert-OH is 1. The summed E-state index contributed by atoms with van der Waals surface area (Å²) < 4.78 is 11.0. The summed E-state index contributed by atoms with van der Waals surface area (Å²) in [5.74, 6) is -0.599. The molecule has 2 aromatic carbocycles. The van der Waals surface area contributed by atoms with Crippen molar-refractivity contribution < 1.29 is 24.2 Å². The van der Waals surface area contributed by atoms with Gasteiger partial charge in [0.05, 0.1) is 25.8 Å². The molecule has 1 N–H and O–H groups in total. The van der Waals surface area contributed by atoms with Gasteiger partial charge in [0.15, 0.2) is 11.5 Å². The minimum atomic E-state index is -0.767. The molecule has 0 spiro atoms. The van der Waals surface area contributed by atoms with E-state index < -0.39 is 17.7 Å². The number of nitrogens with zero attached hydrogens (tertiary/aromatic N) is 1. The van der Waals surface area contributed by atoms with Crippen LogP contribution in [-0.2, 0) is 9.59 Å². The van der Waals surface area contributed by atoms with Crippen LogP contribution in [0.4, 0.5) is 0 Å². The molecule has 1 saturated heterocycles. The van der Waals surface area contributed by atoms with Crippen LogP contribution in [0.2, 0.25) is 0 Å². The van der Waals surface area contributed by atoms with Gasteiger partial charge in [-0.15, -0.1) is 0 Å². The Balaban J connectivity index is 2.28. The van der Waals surface area contributed by atoms with Crippen molar-refractivity contribution in [2.75, 3.05) is 20.8 Å². The zero-order valence-electron chi connectivity index (χ0n) is 18.0. The van der Waals surface area contributed by atoms with Crippen LogP contribution < -0.4 is 9.47 Å². The van der Waals surface area contributed by atoms with Crippen molar-refractivity contribution in [2.45, 2.75) is 33.2 Å². The number of benzene rings is 2. The SMILES string of the molecule is CCCN1C(=O)C(=O)/C(=C(/O)c2ccc(C)c(C)c2)C1c1cccc(OC)c1OC. The average Bonchev–Trinajstić information content (AvgIpc) is 2.99. The van der Waals surface area contributed by atoms with Crippen molar-refractivity contribution >= 4 is 17.4 Å². The van der Waals surface area contributed by atoms with E-state index in [1.54, 1.807) is 24.3 Å². The van der Waals surface area contributed by atoms with Crippen molar-refractivity contribution in [1.82, 2.24) is 4.90 Å². The maximum atomic E-state index is 13.0. The number of carbonyl (C=O) groups excluding carboxylic acids is 2. The number of rotatable bonds is 6. The van der Waals surface area contributed by atoms with Gasteiger partial charge in [-0.1, -0.05) is 31.2 Å². The van der Waals surface area contributed by atoms with Crippen LogP contribution in [0.5, 0.6) is 11.5 Å². The van der Waals surface area contributed by atoms with Gasteiger partial charge in [0.25, 0.3) is 11.7 Å². The zero-order chi connectivity index (χ0) is 22.0. The Bertz CT molecular complexity index is 1020. The van der Waals surface area contributed by atoms with E-state index in [0.717, 1.165) is 11.1 Å². The molecule has 1 aliphatic rings. The highest BCUT2D eigenvalue weighted by Crippen LogP contribution is 2.45. The van der Waals surface area contributed by atoms with E-state index >= 15 is 0 Å². The molecule has 1 fully saturated rings. The molecule has 158 valence electrons. The number of aliphatic hydroxyl groups is 1. The molecule has 3 rings (SSSR count). The lowest BCUT2D eigenvalue weighted by Crippen LogP contribution is -2.30. The highest BCUT2D eigenvalue weighted by atomic mass is 16.5. The van der Waals surface area contributed by atoms with Crippen molar-refractivity contribution in [1.29, 1.82) is 0 Å². The molecule has 0 radical (unpaired) electrons. The Kier molecular flexibility index (Phi) is 6.15. The van der Waals surface area contributed by atoms with Crippen LogP contribution in [-0.4, -0.2) is 42.5 Å². The lowest BCUT2D eigenvalue weighted by Gasteiger charge is -2.26. The van der Waals surface area contributed by atoms with Gasteiger partial charge in [-0.2, -0.15) is 0 Å². The van der Waals surface area contributed by atoms with E-state index in [0.29, 0.717) is 35.6 Å². The Morgan fingerprint density at radius 3 is 2.40 bits per heavy atom. The topological polar surface area (TPSA) is 76.1 Å².